The number of nitrogens with one attached hydrogen (secondary N) is 1. The molecule has 0 saturated heterocycles. The number of hydrogen-bond acceptors (Lipinski definition) is 2. The number of carbonyl (C=O) groups is 2. The van der Waals surface area contributed by atoms with Crippen LogP contribution in [0.2, 0.25) is 5.02 Å². The van der Waals surface area contributed by atoms with Crippen LogP contribution in [0, 0.1) is 5.92 Å². The van der Waals surface area contributed by atoms with Crippen molar-refractivity contribution < 1.29 is 14.0 Å². The molecule has 1 aliphatic carbocycles. The van der Waals surface area contributed by atoms with Crippen molar-refractivity contribution in [3.63, 3.8) is 0 Å². The Morgan fingerprint density at radius 2 is 2.00 bits per heavy atom. The van der Waals surface area contributed by atoms with E-state index < -0.39 is 11.7 Å². The minimum absolute atomic E-state index is 0.0645. The maximum atomic E-state index is 14.0. The van der Waals surface area contributed by atoms with Crippen LogP contribution in [0.25, 0.3) is 10.9 Å². The normalized spacial score (nSPS) is 23.0. The molecule has 0 aliphatic heterocycles. The molecule has 5 nitrogen and oxygen atoms in total. The molecule has 1 aromatic heterocycles. The van der Waals surface area contributed by atoms with Gasteiger partial charge in [0.25, 0.3) is 5.91 Å². The molecule has 1 N–H and O–H groups in total. The maximum Gasteiger partial charge on any atom is 0.253 e. The largest absolute Gasteiger partial charge is 0.352 e. The maximum absolute atomic E-state index is 14.0. The molecule has 29 heavy (non-hydrogen) atoms. The predicted octanol–water partition coefficient (Wildman–Crippen LogP) is 4.59. The Balaban J connectivity index is 1.83. The number of nitrogens with zero attached hydrogens (tertiary/aromatic N) is 2. The minimum Gasteiger partial charge on any atom is -0.352 e. The van der Waals surface area contributed by atoms with Gasteiger partial charge in [-0.3, -0.25) is 9.59 Å². The van der Waals surface area contributed by atoms with Gasteiger partial charge >= 0.3 is 0 Å². The molecule has 3 rings (SSSR count). The van der Waals surface area contributed by atoms with Gasteiger partial charge in [-0.2, -0.15) is 0 Å². The molecule has 0 spiro atoms. The molecule has 0 bridgehead atoms. The number of amides is 2. The van der Waals surface area contributed by atoms with E-state index in [2.05, 4.69) is 5.32 Å². The van der Waals surface area contributed by atoms with E-state index in [9.17, 15) is 14.0 Å². The summed E-state index contributed by atoms with van der Waals surface area (Å²) in [4.78, 5) is 27.0. The quantitative estimate of drug-likeness (QED) is 0.767. The third-order valence-corrected chi connectivity index (χ3v) is 6.28. The highest BCUT2D eigenvalue weighted by atomic mass is 35.5. The van der Waals surface area contributed by atoms with Crippen LogP contribution in [0.3, 0.4) is 0 Å². The van der Waals surface area contributed by atoms with Crippen LogP contribution in [-0.4, -0.2) is 47.6 Å². The van der Waals surface area contributed by atoms with Gasteiger partial charge in [0.05, 0.1) is 16.1 Å². The monoisotopic (exact) mass is 421 g/mol. The third-order valence-electron chi connectivity index (χ3n) is 5.97. The van der Waals surface area contributed by atoms with Crippen molar-refractivity contribution >= 4 is 34.3 Å². The van der Waals surface area contributed by atoms with Crippen LogP contribution in [0.15, 0.2) is 24.4 Å². The Bertz CT molecular complexity index is 912. The minimum atomic E-state index is -1.09. The smallest absolute Gasteiger partial charge is 0.253 e. The van der Waals surface area contributed by atoms with Crippen molar-refractivity contribution in [1.82, 2.24) is 14.8 Å². The summed E-state index contributed by atoms with van der Waals surface area (Å²) >= 11 is 6.42. The number of halogens is 2. The number of hydrogen-bond donors (Lipinski definition) is 1. The van der Waals surface area contributed by atoms with Crippen molar-refractivity contribution in [3.8, 4) is 0 Å². The van der Waals surface area contributed by atoms with Crippen LogP contribution in [0.5, 0.6) is 0 Å². The summed E-state index contributed by atoms with van der Waals surface area (Å²) < 4.78 is 15.8. The molecule has 2 aromatic rings. The zero-order valence-corrected chi connectivity index (χ0v) is 18.2. The van der Waals surface area contributed by atoms with Crippen LogP contribution < -0.4 is 5.32 Å². The Kier molecular flexibility index (Phi) is 6.22. The van der Waals surface area contributed by atoms with Gasteiger partial charge in [-0.05, 0) is 57.6 Å². The van der Waals surface area contributed by atoms with E-state index in [1.807, 2.05) is 12.1 Å². The Morgan fingerprint density at radius 3 is 2.62 bits per heavy atom. The second-order valence-corrected chi connectivity index (χ2v) is 8.97. The van der Waals surface area contributed by atoms with Crippen molar-refractivity contribution in [1.29, 1.82) is 0 Å². The second-order valence-electron chi connectivity index (χ2n) is 8.56. The number of aromatic nitrogens is 1. The number of rotatable bonds is 5. The summed E-state index contributed by atoms with van der Waals surface area (Å²) in [5.41, 5.74) is 0.114. The zero-order chi connectivity index (χ0) is 21.3. The summed E-state index contributed by atoms with van der Waals surface area (Å²) in [6.45, 7) is 3.97. The number of carbonyl (C=O) groups excluding carboxylic acids is 2. The molecular formula is C22H29ClFN3O2. The van der Waals surface area contributed by atoms with Crippen molar-refractivity contribution in [2.75, 3.05) is 20.6 Å². The van der Waals surface area contributed by atoms with Gasteiger partial charge < -0.3 is 14.8 Å². The molecule has 1 saturated carbocycles. The fourth-order valence-electron chi connectivity index (χ4n) is 4.07. The third kappa shape index (κ3) is 4.58. The molecule has 1 heterocycles. The van der Waals surface area contributed by atoms with Crippen LogP contribution >= 0.6 is 11.6 Å². The van der Waals surface area contributed by atoms with Gasteiger partial charge in [0.15, 0.2) is 0 Å². The van der Waals surface area contributed by atoms with Gasteiger partial charge in [-0.25, -0.2) is 4.39 Å². The van der Waals surface area contributed by atoms with Crippen LogP contribution in [-0.2, 0) is 4.79 Å². The second kappa shape index (κ2) is 8.34. The molecule has 1 aliphatic rings. The van der Waals surface area contributed by atoms with E-state index in [0.29, 0.717) is 35.4 Å². The summed E-state index contributed by atoms with van der Waals surface area (Å²) in [6.07, 6.45) is 4.30. The molecule has 1 atom stereocenters. The first-order chi connectivity index (χ1) is 13.6. The summed E-state index contributed by atoms with van der Waals surface area (Å²) in [7, 11) is 3.41. The molecule has 158 valence electrons. The van der Waals surface area contributed by atoms with Gasteiger partial charge in [0, 0.05) is 32.2 Å². The Morgan fingerprint density at radius 1 is 1.34 bits per heavy atom. The molecule has 1 unspecified atom stereocenters. The summed E-state index contributed by atoms with van der Waals surface area (Å²) in [6, 6.07) is 4.95. The highest BCUT2D eigenvalue weighted by molar-refractivity contribution is 6.36. The van der Waals surface area contributed by atoms with Crippen molar-refractivity contribution in [3.05, 3.63) is 35.0 Å². The number of likely N-dealkylation sites (N-methyl/N-ethyl adjacent to an activating group) is 1. The van der Waals surface area contributed by atoms with E-state index in [4.69, 9.17) is 11.6 Å². The average Bonchev–Trinajstić information content (AvgIpc) is 3.06. The zero-order valence-electron chi connectivity index (χ0n) is 17.5. The van der Waals surface area contributed by atoms with Gasteiger partial charge in [-0.15, -0.1) is 0 Å². The van der Waals surface area contributed by atoms with E-state index in [-0.39, 0.29) is 17.7 Å². The average molecular weight is 422 g/mol. The van der Waals surface area contributed by atoms with Gasteiger partial charge in [0.1, 0.15) is 11.7 Å². The van der Waals surface area contributed by atoms with Crippen LogP contribution in [0.4, 0.5) is 4.39 Å². The fraction of sp³-hybridized carbons (Fsp3) is 0.545. The first-order valence-electron chi connectivity index (χ1n) is 10.1. The van der Waals surface area contributed by atoms with E-state index >= 15 is 0 Å². The van der Waals surface area contributed by atoms with E-state index in [1.165, 1.54) is 4.90 Å². The fourth-order valence-corrected chi connectivity index (χ4v) is 4.34. The van der Waals surface area contributed by atoms with Gasteiger partial charge in [0.2, 0.25) is 5.91 Å². The molecule has 7 heteroatoms. The van der Waals surface area contributed by atoms with Crippen LogP contribution in [0.1, 0.15) is 55.9 Å². The highest BCUT2D eigenvalue weighted by Gasteiger charge is 2.31. The molecule has 2 amide bonds. The predicted molar refractivity (Wildman–Crippen MR) is 114 cm³/mol. The number of benzene rings is 1. The Hall–Kier alpha value is -2.08. The lowest BCUT2D eigenvalue weighted by molar-refractivity contribution is -0.131. The highest BCUT2D eigenvalue weighted by Crippen LogP contribution is 2.35. The first kappa shape index (κ1) is 21.6. The lowest BCUT2D eigenvalue weighted by Crippen LogP contribution is -2.34. The SMILES string of the molecule is CC(C(=O)N(C)C)n1cc(C(=O)NCC2CCC(C)(F)CC2)c2c(Cl)cccc21. The lowest BCUT2D eigenvalue weighted by atomic mass is 9.81. The molecular weight excluding hydrogens is 393 g/mol. The number of fused-ring (bicyclic) bond motifs is 1. The summed E-state index contributed by atoms with van der Waals surface area (Å²) in [5, 5.41) is 4.11. The van der Waals surface area contributed by atoms with Gasteiger partial charge in [-0.1, -0.05) is 17.7 Å². The molecule has 1 fully saturated rings. The number of alkyl halides is 1. The molecule has 1 aromatic carbocycles. The summed E-state index contributed by atoms with van der Waals surface area (Å²) in [5.74, 6) is -0.00825. The van der Waals surface area contributed by atoms with E-state index in [0.717, 1.165) is 18.4 Å². The topological polar surface area (TPSA) is 54.3 Å². The lowest BCUT2D eigenvalue weighted by Gasteiger charge is -2.31. The molecule has 0 radical (unpaired) electrons. The standard InChI is InChI=1S/C22H29ClFN3O2/c1-14(21(29)26(3)4)27-13-16(19-17(23)6-5-7-18(19)27)20(28)25-12-15-8-10-22(2,24)11-9-15/h5-7,13-15H,8-12H2,1-4H3,(H,25,28). The Labute approximate surface area is 176 Å². The first-order valence-corrected chi connectivity index (χ1v) is 10.5. The van der Waals surface area contributed by atoms with E-state index in [1.54, 1.807) is 44.8 Å². The van der Waals surface area contributed by atoms with Crippen molar-refractivity contribution in [2.45, 2.75) is 51.2 Å². The van der Waals surface area contributed by atoms with Crippen molar-refractivity contribution in [2.24, 2.45) is 5.92 Å².